The molecule has 0 saturated heterocycles. The number of hydrogen-bond donors (Lipinski definition) is 3. The van der Waals surface area contributed by atoms with E-state index >= 15 is 0 Å². The molecule has 0 atom stereocenters. The fourth-order valence-electron chi connectivity index (χ4n) is 2.40. The first-order valence-electron chi connectivity index (χ1n) is 7.43. The van der Waals surface area contributed by atoms with Crippen LogP contribution in [-0.2, 0) is 0 Å². The third-order valence-electron chi connectivity index (χ3n) is 3.88. The summed E-state index contributed by atoms with van der Waals surface area (Å²) in [6.07, 6.45) is 5.48. The van der Waals surface area contributed by atoms with Crippen molar-refractivity contribution >= 4 is 39.7 Å². The van der Waals surface area contributed by atoms with Crippen LogP contribution >= 0.6 is 23.1 Å². The van der Waals surface area contributed by atoms with Gasteiger partial charge in [-0.25, -0.2) is 0 Å². The third-order valence-corrected chi connectivity index (χ3v) is 5.96. The summed E-state index contributed by atoms with van der Waals surface area (Å²) in [7, 11) is 0. The topological polar surface area (TPSA) is 67.2 Å². The molecule has 1 fully saturated rings. The van der Waals surface area contributed by atoms with E-state index in [9.17, 15) is 4.79 Å². The number of nitrogens with two attached hydrogens (primary N) is 1. The third kappa shape index (κ3) is 3.66. The first-order valence-corrected chi connectivity index (χ1v) is 9.47. The predicted molar refractivity (Wildman–Crippen MR) is 93.6 cm³/mol. The molecule has 1 saturated carbocycles. The van der Waals surface area contributed by atoms with Gasteiger partial charge in [0.2, 0.25) is 0 Å². The Balaban J connectivity index is 2.23. The molecule has 4 nitrogen and oxygen atoms in total. The molecule has 0 aliphatic heterocycles. The van der Waals surface area contributed by atoms with E-state index < -0.39 is 0 Å². The van der Waals surface area contributed by atoms with Gasteiger partial charge in [-0.05, 0) is 45.3 Å². The van der Waals surface area contributed by atoms with Gasteiger partial charge >= 0.3 is 0 Å². The van der Waals surface area contributed by atoms with Crippen molar-refractivity contribution in [1.29, 1.82) is 0 Å². The summed E-state index contributed by atoms with van der Waals surface area (Å²) in [5, 5.41) is 7.54. The predicted octanol–water partition coefficient (Wildman–Crippen LogP) is 3.79. The highest BCUT2D eigenvalue weighted by molar-refractivity contribution is 7.99. The number of nitrogen functional groups attached to an aromatic ring is 1. The lowest BCUT2D eigenvalue weighted by Crippen LogP contribution is -2.33. The van der Waals surface area contributed by atoms with Gasteiger partial charge in [-0.15, -0.1) is 23.1 Å². The number of amides is 1. The molecule has 0 aromatic carbocycles. The highest BCUT2D eigenvalue weighted by Crippen LogP contribution is 2.46. The summed E-state index contributed by atoms with van der Waals surface area (Å²) >= 11 is 3.07. The van der Waals surface area contributed by atoms with Gasteiger partial charge in [-0.3, -0.25) is 4.79 Å². The van der Waals surface area contributed by atoms with Crippen LogP contribution in [0.15, 0.2) is 4.90 Å². The van der Waals surface area contributed by atoms with Gasteiger partial charge in [-0.1, -0.05) is 6.92 Å². The molecule has 1 amide bonds. The largest absolute Gasteiger partial charge is 0.396 e. The minimum Gasteiger partial charge on any atom is -0.396 e. The average molecular weight is 328 g/mol. The zero-order valence-corrected chi connectivity index (χ0v) is 14.8. The summed E-state index contributed by atoms with van der Waals surface area (Å²) in [6.45, 7) is 7.17. The molecule has 1 aromatic heterocycles. The highest BCUT2D eigenvalue weighted by atomic mass is 32.2. The smallest absolute Gasteiger partial charge is 0.263 e. The van der Waals surface area contributed by atoms with Gasteiger partial charge in [0.25, 0.3) is 5.91 Å². The summed E-state index contributed by atoms with van der Waals surface area (Å²) in [5.41, 5.74) is 6.85. The Hall–Kier alpha value is -0.880. The van der Waals surface area contributed by atoms with Crippen molar-refractivity contribution in [1.82, 2.24) is 5.32 Å². The van der Waals surface area contributed by atoms with Gasteiger partial charge in [0.05, 0.1) is 10.6 Å². The Labute approximate surface area is 135 Å². The van der Waals surface area contributed by atoms with E-state index in [2.05, 4.69) is 24.5 Å². The summed E-state index contributed by atoms with van der Waals surface area (Å²) in [4.78, 5) is 13.8. The Morgan fingerprint density at radius 3 is 2.67 bits per heavy atom. The summed E-state index contributed by atoms with van der Waals surface area (Å²) < 4.78 is 0. The van der Waals surface area contributed by atoms with Crippen LogP contribution in [0.1, 0.15) is 49.7 Å². The van der Waals surface area contributed by atoms with E-state index in [1.165, 1.54) is 24.2 Å². The molecule has 1 heterocycles. The maximum absolute atomic E-state index is 12.2. The minimum atomic E-state index is -0.0630. The van der Waals surface area contributed by atoms with E-state index in [1.54, 1.807) is 11.8 Å². The number of hydrogen-bond acceptors (Lipinski definition) is 5. The molecular formula is C15H25N3OS2. The van der Waals surface area contributed by atoms with E-state index in [0.717, 1.165) is 16.3 Å². The molecule has 1 aliphatic carbocycles. The fourth-order valence-corrected chi connectivity index (χ4v) is 4.50. The van der Waals surface area contributed by atoms with Crippen molar-refractivity contribution in [3.8, 4) is 0 Å². The Morgan fingerprint density at radius 1 is 1.48 bits per heavy atom. The second-order valence-corrected chi connectivity index (χ2v) is 7.92. The van der Waals surface area contributed by atoms with Crippen molar-refractivity contribution in [3.63, 3.8) is 0 Å². The minimum absolute atomic E-state index is 0.0545. The second-order valence-electron chi connectivity index (χ2n) is 6.08. The maximum Gasteiger partial charge on any atom is 0.263 e. The first kappa shape index (κ1) is 16.5. The van der Waals surface area contributed by atoms with Crippen LogP contribution in [-0.4, -0.2) is 24.2 Å². The van der Waals surface area contributed by atoms with E-state index in [-0.39, 0.29) is 11.4 Å². The van der Waals surface area contributed by atoms with Crippen LogP contribution in [0.5, 0.6) is 0 Å². The van der Waals surface area contributed by atoms with Crippen molar-refractivity contribution < 1.29 is 4.79 Å². The lowest BCUT2D eigenvalue weighted by atomic mass is 9.99. The molecule has 0 radical (unpaired) electrons. The van der Waals surface area contributed by atoms with E-state index in [1.807, 2.05) is 13.2 Å². The van der Waals surface area contributed by atoms with Crippen LogP contribution in [0.4, 0.5) is 10.7 Å². The van der Waals surface area contributed by atoms with Crippen LogP contribution < -0.4 is 16.4 Å². The molecular weight excluding hydrogens is 302 g/mol. The van der Waals surface area contributed by atoms with Crippen molar-refractivity contribution in [2.24, 2.45) is 5.92 Å². The number of anilines is 2. The summed E-state index contributed by atoms with van der Waals surface area (Å²) in [5.74, 6) is 0.653. The van der Waals surface area contributed by atoms with E-state index in [4.69, 9.17) is 5.73 Å². The monoisotopic (exact) mass is 327 g/mol. The van der Waals surface area contributed by atoms with Gasteiger partial charge in [0.1, 0.15) is 9.88 Å². The number of carbonyl (C=O) groups excluding carboxylic acids is 1. The molecule has 1 aliphatic rings. The van der Waals surface area contributed by atoms with Crippen LogP contribution in [0, 0.1) is 5.92 Å². The molecule has 21 heavy (non-hydrogen) atoms. The standard InChI is InChI=1S/C15H25N3OS2/c1-5-8-17-13(19)11-10(16)12(20-4)14(21-11)18-15(2,3)9-6-7-9/h9,18H,5-8,16H2,1-4H3,(H,17,19). The second kappa shape index (κ2) is 6.48. The maximum atomic E-state index is 12.2. The molecule has 6 heteroatoms. The highest BCUT2D eigenvalue weighted by Gasteiger charge is 2.38. The Bertz CT molecular complexity index is 521. The Kier molecular flexibility index (Phi) is 5.09. The van der Waals surface area contributed by atoms with Crippen LogP contribution in [0.25, 0.3) is 0 Å². The van der Waals surface area contributed by atoms with Crippen molar-refractivity contribution in [3.05, 3.63) is 4.88 Å². The van der Waals surface area contributed by atoms with Crippen molar-refractivity contribution in [2.75, 3.05) is 23.9 Å². The SMILES string of the molecule is CCCNC(=O)c1sc(NC(C)(C)C2CC2)c(SC)c1N. The zero-order chi connectivity index (χ0) is 15.6. The molecule has 0 spiro atoms. The number of thiophene rings is 1. The quantitative estimate of drug-likeness (QED) is 0.667. The normalized spacial score (nSPS) is 15.0. The molecule has 0 unspecified atom stereocenters. The van der Waals surface area contributed by atoms with E-state index in [0.29, 0.717) is 23.0 Å². The number of carbonyl (C=O) groups is 1. The van der Waals surface area contributed by atoms with Gasteiger partial charge < -0.3 is 16.4 Å². The molecule has 118 valence electrons. The fraction of sp³-hybridized carbons (Fsp3) is 0.667. The Morgan fingerprint density at radius 2 is 2.14 bits per heavy atom. The molecule has 1 aromatic rings. The zero-order valence-electron chi connectivity index (χ0n) is 13.2. The lowest BCUT2D eigenvalue weighted by Gasteiger charge is -2.27. The number of rotatable bonds is 7. The van der Waals surface area contributed by atoms with Crippen LogP contribution in [0.3, 0.4) is 0 Å². The number of nitrogens with one attached hydrogen (secondary N) is 2. The lowest BCUT2D eigenvalue weighted by molar-refractivity contribution is 0.0958. The first-order chi connectivity index (χ1) is 9.90. The summed E-state index contributed by atoms with van der Waals surface area (Å²) in [6, 6.07) is 0. The number of thioether (sulfide) groups is 1. The van der Waals surface area contributed by atoms with Gasteiger partial charge in [0.15, 0.2) is 0 Å². The molecule has 2 rings (SSSR count). The molecule has 0 bridgehead atoms. The van der Waals surface area contributed by atoms with Crippen molar-refractivity contribution in [2.45, 2.75) is 50.5 Å². The van der Waals surface area contributed by atoms with Crippen LogP contribution in [0.2, 0.25) is 0 Å². The van der Waals surface area contributed by atoms with Gasteiger partial charge in [-0.2, -0.15) is 0 Å². The molecule has 4 N–H and O–H groups in total. The van der Waals surface area contributed by atoms with Gasteiger partial charge in [0, 0.05) is 12.1 Å². The average Bonchev–Trinajstić information content (AvgIpc) is 3.23.